The van der Waals surface area contributed by atoms with Crippen molar-refractivity contribution in [1.82, 2.24) is 0 Å². The molecule has 3 N–H and O–H groups in total. The van der Waals surface area contributed by atoms with Gasteiger partial charge in [0.1, 0.15) is 19.0 Å². The van der Waals surface area contributed by atoms with Crippen molar-refractivity contribution in [3.05, 3.63) is 141 Å². The zero-order valence-corrected chi connectivity index (χ0v) is 36.2. The number of rotatable bonds is 11. The second kappa shape index (κ2) is 16.5. The van der Waals surface area contributed by atoms with Gasteiger partial charge in [-0.05, 0) is 120 Å². The van der Waals surface area contributed by atoms with E-state index in [1.165, 1.54) is 7.11 Å². The summed E-state index contributed by atoms with van der Waals surface area (Å²) in [5.74, 6) is 0.915. The highest BCUT2D eigenvalue weighted by atomic mass is 32.1. The molecule has 4 aliphatic rings. The first kappa shape index (κ1) is 41.5. The van der Waals surface area contributed by atoms with E-state index in [4.69, 9.17) is 14.2 Å². The number of amides is 3. The lowest BCUT2D eigenvalue weighted by atomic mass is 9.96. The number of hydrogen-bond donors (Lipinski definition) is 4. The molecule has 62 heavy (non-hydrogen) atoms. The Balaban J connectivity index is 0.969. The SMILES string of the molecule is COc1cc2c(cc1OCc1cc(COc3cc4c(cc3C)C(=O)N3c5ccccc5C[C@H]3C(O)C4)cc(NC(=O)CCC(C)(C)S)c1)CC(O)[C@@H]1Cc3ccccc3N1C2=O. The molecular weight excluding hydrogens is 803 g/mol. The minimum Gasteiger partial charge on any atom is -0.493 e. The number of carbonyl (C=O) groups excluding carboxylic acids is 3. The molecule has 5 aromatic rings. The quantitative estimate of drug-likeness (QED) is 0.100. The molecule has 11 nitrogen and oxygen atoms in total. The van der Waals surface area contributed by atoms with Crippen molar-refractivity contribution in [2.45, 2.75) is 102 Å². The number of nitrogens with one attached hydrogen (secondary N) is 1. The molecule has 2 unspecified atom stereocenters. The molecule has 0 aromatic heterocycles. The summed E-state index contributed by atoms with van der Waals surface area (Å²) in [6.45, 7) is 6.07. The zero-order valence-electron chi connectivity index (χ0n) is 35.3. The Bertz CT molecular complexity index is 2600. The maximum atomic E-state index is 14.1. The second-order valence-corrected chi connectivity index (χ2v) is 18.8. The minimum atomic E-state index is -0.784. The number of nitrogens with zero attached hydrogens (tertiary/aromatic N) is 2. The van der Waals surface area contributed by atoms with Gasteiger partial charge in [0.2, 0.25) is 5.91 Å². The number of benzene rings is 5. The van der Waals surface area contributed by atoms with Gasteiger partial charge in [0.05, 0.1) is 31.4 Å². The van der Waals surface area contributed by atoms with Crippen LogP contribution in [-0.2, 0) is 43.7 Å². The van der Waals surface area contributed by atoms with Gasteiger partial charge in [-0.2, -0.15) is 12.6 Å². The largest absolute Gasteiger partial charge is 0.493 e. The summed E-state index contributed by atoms with van der Waals surface area (Å²) in [6, 6.07) is 27.7. The van der Waals surface area contributed by atoms with Gasteiger partial charge in [-0.3, -0.25) is 14.4 Å². The number of para-hydroxylation sites is 2. The van der Waals surface area contributed by atoms with Gasteiger partial charge in [-0.1, -0.05) is 50.2 Å². The van der Waals surface area contributed by atoms with Crippen molar-refractivity contribution >= 4 is 47.4 Å². The van der Waals surface area contributed by atoms with E-state index >= 15 is 0 Å². The summed E-state index contributed by atoms with van der Waals surface area (Å²) in [5.41, 5.74) is 9.02. The number of methoxy groups -OCH3 is 1. The molecule has 320 valence electrons. The Morgan fingerprint density at radius 1 is 0.710 bits per heavy atom. The van der Waals surface area contributed by atoms with Gasteiger partial charge in [-0.15, -0.1) is 0 Å². The van der Waals surface area contributed by atoms with Crippen LogP contribution in [0.5, 0.6) is 17.2 Å². The van der Waals surface area contributed by atoms with Crippen molar-refractivity contribution < 1.29 is 38.8 Å². The number of aliphatic hydroxyl groups excluding tert-OH is 2. The predicted octanol–water partition coefficient (Wildman–Crippen LogP) is 7.57. The Kier molecular flexibility index (Phi) is 11.0. The number of ether oxygens (including phenoxy) is 3. The van der Waals surface area contributed by atoms with E-state index in [1.54, 1.807) is 21.9 Å². The molecule has 0 spiro atoms. The Morgan fingerprint density at radius 3 is 1.77 bits per heavy atom. The van der Waals surface area contributed by atoms with Crippen LogP contribution in [0.4, 0.5) is 17.1 Å². The topological polar surface area (TPSA) is 138 Å². The molecule has 5 aromatic carbocycles. The van der Waals surface area contributed by atoms with Crippen LogP contribution in [0.1, 0.15) is 86.3 Å². The fourth-order valence-corrected chi connectivity index (χ4v) is 9.52. The highest BCUT2D eigenvalue weighted by Crippen LogP contribution is 2.42. The average Bonchev–Trinajstić information content (AvgIpc) is 3.79. The summed E-state index contributed by atoms with van der Waals surface area (Å²) in [7, 11) is 1.53. The second-order valence-electron chi connectivity index (χ2n) is 17.6. The molecule has 4 heterocycles. The summed E-state index contributed by atoms with van der Waals surface area (Å²) >= 11 is 4.59. The number of fused-ring (bicyclic) bond motifs is 8. The summed E-state index contributed by atoms with van der Waals surface area (Å²) in [6.07, 6.45) is 1.09. The molecule has 4 aliphatic heterocycles. The van der Waals surface area contributed by atoms with Gasteiger partial charge in [0.25, 0.3) is 11.8 Å². The predicted molar refractivity (Wildman–Crippen MR) is 241 cm³/mol. The molecule has 3 amide bonds. The molecule has 0 radical (unpaired) electrons. The van der Waals surface area contributed by atoms with Crippen LogP contribution in [0.3, 0.4) is 0 Å². The molecule has 12 heteroatoms. The fraction of sp³-hybridized carbons (Fsp3) is 0.340. The lowest BCUT2D eigenvalue weighted by Gasteiger charge is -2.26. The number of anilines is 3. The van der Waals surface area contributed by atoms with Crippen LogP contribution in [-0.4, -0.2) is 64.1 Å². The number of aliphatic hydroxyl groups is 2. The van der Waals surface area contributed by atoms with E-state index < -0.39 is 12.2 Å². The van der Waals surface area contributed by atoms with Crippen LogP contribution < -0.4 is 29.3 Å². The lowest BCUT2D eigenvalue weighted by molar-refractivity contribution is -0.116. The van der Waals surface area contributed by atoms with Crippen molar-refractivity contribution in [2.24, 2.45) is 0 Å². The first-order chi connectivity index (χ1) is 29.7. The number of carbonyl (C=O) groups is 3. The third-order valence-electron chi connectivity index (χ3n) is 12.5. The third kappa shape index (κ3) is 8.03. The molecule has 4 atom stereocenters. The normalized spacial score (nSPS) is 19.9. The van der Waals surface area contributed by atoms with Gasteiger partial charge in [-0.25, -0.2) is 0 Å². The molecule has 0 bridgehead atoms. The van der Waals surface area contributed by atoms with E-state index in [0.29, 0.717) is 65.3 Å². The van der Waals surface area contributed by atoms with Gasteiger partial charge >= 0.3 is 0 Å². The molecule has 9 rings (SSSR count). The number of hydrogen-bond acceptors (Lipinski definition) is 9. The first-order valence-corrected chi connectivity index (χ1v) is 21.6. The maximum Gasteiger partial charge on any atom is 0.259 e. The van der Waals surface area contributed by atoms with Crippen molar-refractivity contribution in [2.75, 3.05) is 22.2 Å². The lowest BCUT2D eigenvalue weighted by Crippen LogP contribution is -2.43. The zero-order chi connectivity index (χ0) is 43.4. The summed E-state index contributed by atoms with van der Waals surface area (Å²) in [4.78, 5) is 44.7. The molecule has 0 aliphatic carbocycles. The van der Waals surface area contributed by atoms with Gasteiger partial charge < -0.3 is 39.5 Å². The first-order valence-electron chi connectivity index (χ1n) is 21.2. The van der Waals surface area contributed by atoms with E-state index in [1.807, 2.05) is 99.6 Å². The van der Waals surface area contributed by atoms with Crippen molar-refractivity contribution in [1.29, 1.82) is 0 Å². The van der Waals surface area contributed by atoms with Crippen molar-refractivity contribution in [3.63, 3.8) is 0 Å². The van der Waals surface area contributed by atoms with Gasteiger partial charge in [0, 0.05) is 52.2 Å². The minimum absolute atomic E-state index is 0.0901. The molecular formula is C50H51N3O8S. The van der Waals surface area contributed by atoms with Crippen LogP contribution in [0.25, 0.3) is 0 Å². The van der Waals surface area contributed by atoms with Crippen LogP contribution >= 0.6 is 12.6 Å². The van der Waals surface area contributed by atoms with Crippen LogP contribution in [0.2, 0.25) is 0 Å². The third-order valence-corrected chi connectivity index (χ3v) is 12.8. The number of aryl methyl sites for hydroxylation is 1. The molecule has 0 saturated carbocycles. The van der Waals surface area contributed by atoms with Crippen LogP contribution in [0, 0.1) is 6.92 Å². The highest BCUT2D eigenvalue weighted by Gasteiger charge is 2.43. The monoisotopic (exact) mass is 853 g/mol. The summed E-state index contributed by atoms with van der Waals surface area (Å²) < 4.78 is 18.3. The van der Waals surface area contributed by atoms with Crippen molar-refractivity contribution in [3.8, 4) is 17.2 Å². The average molecular weight is 854 g/mol. The van der Waals surface area contributed by atoms with Crippen LogP contribution in [0.15, 0.2) is 91.0 Å². The van der Waals surface area contributed by atoms with Gasteiger partial charge in [0.15, 0.2) is 11.5 Å². The Labute approximate surface area is 367 Å². The van der Waals surface area contributed by atoms with E-state index in [9.17, 15) is 24.6 Å². The smallest absolute Gasteiger partial charge is 0.259 e. The van der Waals surface area contributed by atoms with E-state index in [2.05, 4.69) is 17.9 Å². The number of thiol groups is 1. The standard InChI is InChI=1S/C50H51N3O8S/c1-28-15-36-33(21-42(54)40-19-31-9-5-7-11-38(31)52(40)48(36)57)23-44(28)60-26-29-16-30(18-35(17-29)51-47(56)13-14-50(2,3)62)27-61-46-24-34-22-43(55)41-20-32-10-6-8-12-39(32)53(41)49(58)37(34)25-45(46)59-4/h5-12,15-18,23-25,40-43,54-55,62H,13-14,19-22,26-27H2,1-4H3,(H,51,56)/t40-,41-,42?,43?/m0/s1. The highest BCUT2D eigenvalue weighted by molar-refractivity contribution is 7.81. The Morgan fingerprint density at radius 2 is 1.23 bits per heavy atom. The molecule has 0 fully saturated rings. The fourth-order valence-electron chi connectivity index (χ4n) is 9.41. The maximum absolute atomic E-state index is 14.1. The molecule has 0 saturated heterocycles. The van der Waals surface area contributed by atoms with E-state index in [0.717, 1.165) is 44.8 Å². The summed E-state index contributed by atoms with van der Waals surface area (Å²) in [5, 5.41) is 25.8. The Hall–Kier alpha value is -5.82. The van der Waals surface area contributed by atoms with E-state index in [-0.39, 0.29) is 60.6 Å².